The first-order valence-electron chi connectivity index (χ1n) is 7.67. The van der Waals surface area contributed by atoms with E-state index in [0.717, 1.165) is 18.4 Å². The molecule has 0 atom stereocenters. The van der Waals surface area contributed by atoms with Crippen LogP contribution in [0.2, 0.25) is 0 Å². The standard InChI is InChI=1S/C15H20N6O/c22-15(18-12-6-2-1-3-7-12)17-10-13-19-14(21-20-13)11-5-4-8-16-9-11/h4-5,8-9,12H,1-3,6-7,10H2,(H2,17,18,22)(H,19,20,21). The molecule has 3 N–H and O–H groups in total. The van der Waals surface area contributed by atoms with Gasteiger partial charge in [-0.05, 0) is 25.0 Å². The molecule has 1 aliphatic carbocycles. The van der Waals surface area contributed by atoms with E-state index in [4.69, 9.17) is 0 Å². The Morgan fingerprint density at radius 3 is 2.95 bits per heavy atom. The minimum absolute atomic E-state index is 0.147. The Bertz CT molecular complexity index is 606. The Morgan fingerprint density at radius 2 is 2.18 bits per heavy atom. The summed E-state index contributed by atoms with van der Waals surface area (Å²) in [5.74, 6) is 1.20. The van der Waals surface area contributed by atoms with E-state index in [1.165, 1.54) is 19.3 Å². The number of carbonyl (C=O) groups excluding carboxylic acids is 1. The predicted molar refractivity (Wildman–Crippen MR) is 81.9 cm³/mol. The maximum Gasteiger partial charge on any atom is 0.315 e. The molecular formula is C15H20N6O. The number of hydrogen-bond donors (Lipinski definition) is 3. The zero-order chi connectivity index (χ0) is 15.2. The summed E-state index contributed by atoms with van der Waals surface area (Å²) in [4.78, 5) is 20.3. The number of aromatic nitrogens is 4. The van der Waals surface area contributed by atoms with Crippen molar-refractivity contribution in [2.75, 3.05) is 0 Å². The van der Waals surface area contributed by atoms with E-state index in [0.29, 0.717) is 24.2 Å². The van der Waals surface area contributed by atoms with Gasteiger partial charge in [0.15, 0.2) is 5.82 Å². The van der Waals surface area contributed by atoms with Crippen LogP contribution < -0.4 is 10.6 Å². The van der Waals surface area contributed by atoms with Gasteiger partial charge in [-0.1, -0.05) is 19.3 Å². The Morgan fingerprint density at radius 1 is 1.32 bits per heavy atom. The van der Waals surface area contributed by atoms with Crippen LogP contribution in [-0.2, 0) is 6.54 Å². The Labute approximate surface area is 129 Å². The van der Waals surface area contributed by atoms with Crippen LogP contribution in [-0.4, -0.2) is 32.2 Å². The molecular weight excluding hydrogens is 280 g/mol. The molecule has 0 saturated heterocycles. The van der Waals surface area contributed by atoms with E-state index in [-0.39, 0.29) is 6.03 Å². The van der Waals surface area contributed by atoms with Crippen molar-refractivity contribution in [3.8, 4) is 11.4 Å². The molecule has 0 aromatic carbocycles. The largest absolute Gasteiger partial charge is 0.335 e. The fourth-order valence-corrected chi connectivity index (χ4v) is 2.65. The molecule has 2 amide bonds. The molecule has 2 aromatic rings. The first-order valence-corrected chi connectivity index (χ1v) is 7.67. The second kappa shape index (κ2) is 7.02. The molecule has 2 aromatic heterocycles. The van der Waals surface area contributed by atoms with Gasteiger partial charge in [0.1, 0.15) is 5.82 Å². The van der Waals surface area contributed by atoms with Crippen molar-refractivity contribution >= 4 is 6.03 Å². The second-order valence-electron chi connectivity index (χ2n) is 5.51. The van der Waals surface area contributed by atoms with E-state index < -0.39 is 0 Å². The molecule has 3 rings (SSSR count). The fourth-order valence-electron chi connectivity index (χ4n) is 2.65. The summed E-state index contributed by atoms with van der Waals surface area (Å²) < 4.78 is 0. The number of pyridine rings is 1. The van der Waals surface area contributed by atoms with E-state index in [2.05, 4.69) is 30.8 Å². The van der Waals surface area contributed by atoms with Crippen molar-refractivity contribution in [3.05, 3.63) is 30.4 Å². The minimum atomic E-state index is -0.147. The van der Waals surface area contributed by atoms with Gasteiger partial charge < -0.3 is 10.6 Å². The van der Waals surface area contributed by atoms with Crippen molar-refractivity contribution in [2.24, 2.45) is 0 Å². The fraction of sp³-hybridized carbons (Fsp3) is 0.467. The molecule has 1 fully saturated rings. The second-order valence-corrected chi connectivity index (χ2v) is 5.51. The Hall–Kier alpha value is -2.44. The van der Waals surface area contributed by atoms with Gasteiger partial charge in [-0.2, -0.15) is 5.10 Å². The van der Waals surface area contributed by atoms with Crippen molar-refractivity contribution in [3.63, 3.8) is 0 Å². The van der Waals surface area contributed by atoms with Crippen LogP contribution in [0.3, 0.4) is 0 Å². The number of aromatic amines is 1. The minimum Gasteiger partial charge on any atom is -0.335 e. The van der Waals surface area contributed by atoms with Gasteiger partial charge in [-0.25, -0.2) is 9.78 Å². The third-order valence-electron chi connectivity index (χ3n) is 3.81. The summed E-state index contributed by atoms with van der Waals surface area (Å²) in [5, 5.41) is 12.8. The highest BCUT2D eigenvalue weighted by atomic mass is 16.2. The molecule has 0 aliphatic heterocycles. The van der Waals surface area contributed by atoms with E-state index >= 15 is 0 Å². The molecule has 0 unspecified atom stereocenters. The van der Waals surface area contributed by atoms with Crippen LogP contribution in [0.15, 0.2) is 24.5 Å². The molecule has 0 spiro atoms. The summed E-state index contributed by atoms with van der Waals surface area (Å²) in [5.41, 5.74) is 0.844. The summed E-state index contributed by atoms with van der Waals surface area (Å²) in [7, 11) is 0. The van der Waals surface area contributed by atoms with Gasteiger partial charge >= 0.3 is 6.03 Å². The normalized spacial score (nSPS) is 15.5. The van der Waals surface area contributed by atoms with Crippen molar-refractivity contribution in [1.82, 2.24) is 30.8 Å². The van der Waals surface area contributed by atoms with Crippen LogP contribution in [0, 0.1) is 0 Å². The van der Waals surface area contributed by atoms with E-state index in [1.807, 2.05) is 12.1 Å². The van der Waals surface area contributed by atoms with Crippen LogP contribution in [0.4, 0.5) is 4.79 Å². The van der Waals surface area contributed by atoms with Crippen LogP contribution >= 0.6 is 0 Å². The molecule has 2 heterocycles. The summed E-state index contributed by atoms with van der Waals surface area (Å²) in [6.07, 6.45) is 9.21. The quantitative estimate of drug-likeness (QED) is 0.804. The number of carbonyl (C=O) groups is 1. The van der Waals surface area contributed by atoms with Crippen LogP contribution in [0.5, 0.6) is 0 Å². The number of hydrogen-bond acceptors (Lipinski definition) is 4. The van der Waals surface area contributed by atoms with Gasteiger partial charge in [0.2, 0.25) is 0 Å². The SMILES string of the molecule is O=C(NCc1nc(-c2cccnc2)n[nH]1)NC1CCCCC1. The smallest absolute Gasteiger partial charge is 0.315 e. The predicted octanol–water partition coefficient (Wildman–Crippen LogP) is 2.00. The topological polar surface area (TPSA) is 95.6 Å². The van der Waals surface area contributed by atoms with E-state index in [1.54, 1.807) is 12.4 Å². The highest BCUT2D eigenvalue weighted by molar-refractivity contribution is 5.74. The average Bonchev–Trinajstić information content (AvgIpc) is 3.04. The third kappa shape index (κ3) is 3.81. The van der Waals surface area contributed by atoms with Gasteiger partial charge in [-0.3, -0.25) is 10.1 Å². The molecule has 7 heteroatoms. The van der Waals surface area contributed by atoms with Crippen LogP contribution in [0.25, 0.3) is 11.4 Å². The van der Waals surface area contributed by atoms with Gasteiger partial charge in [-0.15, -0.1) is 0 Å². The van der Waals surface area contributed by atoms with Gasteiger partial charge in [0.25, 0.3) is 0 Å². The number of nitrogens with zero attached hydrogens (tertiary/aromatic N) is 3. The highest BCUT2D eigenvalue weighted by Crippen LogP contribution is 2.17. The van der Waals surface area contributed by atoms with Gasteiger partial charge in [0, 0.05) is 24.0 Å². The lowest BCUT2D eigenvalue weighted by atomic mass is 9.96. The monoisotopic (exact) mass is 300 g/mol. The first-order chi connectivity index (χ1) is 10.8. The lowest BCUT2D eigenvalue weighted by Crippen LogP contribution is -2.42. The number of H-pyrrole nitrogens is 1. The van der Waals surface area contributed by atoms with Crippen molar-refractivity contribution < 1.29 is 4.79 Å². The third-order valence-corrected chi connectivity index (χ3v) is 3.81. The molecule has 0 radical (unpaired) electrons. The number of nitrogens with one attached hydrogen (secondary N) is 3. The molecule has 1 aliphatic rings. The lowest BCUT2D eigenvalue weighted by molar-refractivity contribution is 0.232. The molecule has 1 saturated carbocycles. The average molecular weight is 300 g/mol. The van der Waals surface area contributed by atoms with Crippen LogP contribution in [0.1, 0.15) is 37.9 Å². The van der Waals surface area contributed by atoms with Gasteiger partial charge in [0.05, 0.1) is 6.54 Å². The lowest BCUT2D eigenvalue weighted by Gasteiger charge is -2.22. The maximum absolute atomic E-state index is 11.9. The molecule has 7 nitrogen and oxygen atoms in total. The Balaban J connectivity index is 1.49. The van der Waals surface area contributed by atoms with Crippen molar-refractivity contribution in [1.29, 1.82) is 0 Å². The molecule has 116 valence electrons. The zero-order valence-electron chi connectivity index (χ0n) is 12.4. The number of rotatable bonds is 4. The van der Waals surface area contributed by atoms with Crippen molar-refractivity contribution in [2.45, 2.75) is 44.7 Å². The first kappa shape index (κ1) is 14.5. The summed E-state index contributed by atoms with van der Waals surface area (Å²) in [6.45, 7) is 0.325. The van der Waals surface area contributed by atoms with E-state index in [9.17, 15) is 4.79 Å². The zero-order valence-corrected chi connectivity index (χ0v) is 12.4. The Kier molecular flexibility index (Phi) is 4.62. The maximum atomic E-state index is 11.9. The number of urea groups is 1. The summed E-state index contributed by atoms with van der Waals surface area (Å²) >= 11 is 0. The molecule has 22 heavy (non-hydrogen) atoms. The highest BCUT2D eigenvalue weighted by Gasteiger charge is 2.15. The number of amides is 2. The molecule has 0 bridgehead atoms. The summed E-state index contributed by atoms with van der Waals surface area (Å²) in [6, 6.07) is 3.88.